The van der Waals surface area contributed by atoms with Crippen LogP contribution in [0.25, 0.3) is 0 Å². The number of hydrogen-bond donors (Lipinski definition) is 2. The lowest BCUT2D eigenvalue weighted by atomic mass is 10.2. The number of aromatic hydroxyl groups is 1. The minimum atomic E-state index is -0.129. The first-order chi connectivity index (χ1) is 10.9. The summed E-state index contributed by atoms with van der Waals surface area (Å²) in [6.45, 7) is 5.36. The Balaban J connectivity index is 1.88. The molecule has 2 amide bonds. The molecule has 0 aliphatic carbocycles. The van der Waals surface area contributed by atoms with Gasteiger partial charge in [0.1, 0.15) is 5.75 Å². The summed E-state index contributed by atoms with van der Waals surface area (Å²) in [5.41, 5.74) is 0.341. The summed E-state index contributed by atoms with van der Waals surface area (Å²) in [6, 6.07) is 2.78. The molecule has 1 aromatic carbocycles. The fourth-order valence-electron chi connectivity index (χ4n) is 2.27. The molecule has 124 valence electrons. The average molecular weight is 358 g/mol. The van der Waals surface area contributed by atoms with E-state index in [1.165, 1.54) is 18.2 Å². The van der Waals surface area contributed by atoms with Crippen LogP contribution in [0, 0.1) is 0 Å². The van der Waals surface area contributed by atoms with Crippen molar-refractivity contribution in [3.05, 3.63) is 34.8 Å². The number of carbonyl (C=O) groups is 2. The molecule has 2 rings (SSSR count). The van der Waals surface area contributed by atoms with E-state index in [4.69, 9.17) is 23.2 Å². The molecular weight excluding hydrogens is 341 g/mol. The molecule has 0 aromatic heterocycles. The normalized spacial score (nSPS) is 14.5. The van der Waals surface area contributed by atoms with Crippen molar-refractivity contribution in [2.24, 2.45) is 0 Å². The molecule has 1 aromatic rings. The van der Waals surface area contributed by atoms with Gasteiger partial charge in [-0.05, 0) is 12.1 Å². The second-order valence-electron chi connectivity index (χ2n) is 5.05. The third-order valence-corrected chi connectivity index (χ3v) is 4.31. The minimum Gasteiger partial charge on any atom is -0.506 e. The third kappa shape index (κ3) is 4.30. The Hall–Kier alpha value is -1.92. The van der Waals surface area contributed by atoms with Crippen molar-refractivity contribution in [1.82, 2.24) is 9.80 Å². The van der Waals surface area contributed by atoms with E-state index in [9.17, 15) is 14.7 Å². The third-order valence-electron chi connectivity index (χ3n) is 3.59. The Bertz CT molecular complexity index is 629. The van der Waals surface area contributed by atoms with Gasteiger partial charge in [0, 0.05) is 32.2 Å². The maximum atomic E-state index is 12.2. The maximum absolute atomic E-state index is 12.2. The zero-order valence-corrected chi connectivity index (χ0v) is 13.9. The van der Waals surface area contributed by atoms with Gasteiger partial charge in [-0.25, -0.2) is 0 Å². The van der Waals surface area contributed by atoms with Crippen LogP contribution in [-0.2, 0) is 9.59 Å². The largest absolute Gasteiger partial charge is 0.506 e. The van der Waals surface area contributed by atoms with Crippen molar-refractivity contribution in [2.75, 3.05) is 38.0 Å². The van der Waals surface area contributed by atoms with Crippen molar-refractivity contribution in [2.45, 2.75) is 0 Å². The van der Waals surface area contributed by atoms with Crippen LogP contribution in [0.15, 0.2) is 24.8 Å². The van der Waals surface area contributed by atoms with Gasteiger partial charge in [-0.3, -0.25) is 9.59 Å². The lowest BCUT2D eigenvalue weighted by Crippen LogP contribution is -2.51. The molecule has 0 spiro atoms. The lowest BCUT2D eigenvalue weighted by Gasteiger charge is -2.34. The molecule has 23 heavy (non-hydrogen) atoms. The number of nitrogens with one attached hydrogen (secondary N) is 1. The standard InChI is InChI=1S/C15H17Cl2N3O3/c1-2-14(22)19-3-5-20(6-4-19)15(23)9-18-12-7-10(16)11(17)8-13(12)21/h2,7-8,18,21H,1,3-6,9H2. The Kier molecular flexibility index (Phi) is 5.74. The van der Waals surface area contributed by atoms with Crippen molar-refractivity contribution >= 4 is 40.7 Å². The number of nitrogens with zero attached hydrogens (tertiary/aromatic N) is 2. The number of halogens is 2. The fraction of sp³-hybridized carbons (Fsp3) is 0.333. The Morgan fingerprint density at radius 1 is 1.17 bits per heavy atom. The topological polar surface area (TPSA) is 72.9 Å². The zero-order chi connectivity index (χ0) is 17.0. The number of phenols is 1. The van der Waals surface area contributed by atoms with E-state index in [0.29, 0.717) is 31.9 Å². The monoisotopic (exact) mass is 357 g/mol. The highest BCUT2D eigenvalue weighted by Gasteiger charge is 2.22. The molecule has 6 nitrogen and oxygen atoms in total. The number of phenolic OH excluding ortho intramolecular Hbond substituents is 1. The number of carbonyl (C=O) groups excluding carboxylic acids is 2. The molecule has 1 aliphatic rings. The van der Waals surface area contributed by atoms with Gasteiger partial charge >= 0.3 is 0 Å². The van der Waals surface area contributed by atoms with Crippen molar-refractivity contribution in [3.8, 4) is 5.75 Å². The quantitative estimate of drug-likeness (QED) is 0.638. The lowest BCUT2D eigenvalue weighted by molar-refractivity contribution is -0.135. The van der Waals surface area contributed by atoms with Crippen LogP contribution in [0.5, 0.6) is 5.75 Å². The van der Waals surface area contributed by atoms with Gasteiger partial charge in [0.25, 0.3) is 0 Å². The molecule has 0 atom stereocenters. The molecule has 2 N–H and O–H groups in total. The first-order valence-electron chi connectivity index (χ1n) is 7.03. The molecule has 1 fully saturated rings. The molecule has 0 unspecified atom stereocenters. The SMILES string of the molecule is C=CC(=O)N1CCN(C(=O)CNc2cc(Cl)c(Cl)cc2O)CC1. The summed E-state index contributed by atoms with van der Waals surface area (Å²) < 4.78 is 0. The van der Waals surface area contributed by atoms with Gasteiger partial charge < -0.3 is 20.2 Å². The average Bonchev–Trinajstić information content (AvgIpc) is 2.56. The Morgan fingerprint density at radius 2 is 1.74 bits per heavy atom. The number of amides is 2. The van der Waals surface area contributed by atoms with E-state index in [-0.39, 0.29) is 34.2 Å². The van der Waals surface area contributed by atoms with Crippen LogP contribution in [0.1, 0.15) is 0 Å². The highest BCUT2D eigenvalue weighted by atomic mass is 35.5. The molecular formula is C15H17Cl2N3O3. The highest BCUT2D eigenvalue weighted by molar-refractivity contribution is 6.42. The first kappa shape index (κ1) is 17.4. The van der Waals surface area contributed by atoms with E-state index in [2.05, 4.69) is 11.9 Å². The number of rotatable bonds is 4. The van der Waals surface area contributed by atoms with Crippen LogP contribution in [0.4, 0.5) is 5.69 Å². The smallest absolute Gasteiger partial charge is 0.246 e. The van der Waals surface area contributed by atoms with Crippen molar-refractivity contribution in [3.63, 3.8) is 0 Å². The van der Waals surface area contributed by atoms with Crippen LogP contribution in [0.2, 0.25) is 10.0 Å². The van der Waals surface area contributed by atoms with Crippen LogP contribution < -0.4 is 5.32 Å². The number of piperazine rings is 1. The summed E-state index contributed by atoms with van der Waals surface area (Å²) in [5.74, 6) is -0.328. The van der Waals surface area contributed by atoms with Crippen LogP contribution in [-0.4, -0.2) is 59.4 Å². The Morgan fingerprint density at radius 3 is 2.35 bits per heavy atom. The number of anilines is 1. The van der Waals surface area contributed by atoms with E-state index in [1.807, 2.05) is 0 Å². The fourth-order valence-corrected chi connectivity index (χ4v) is 2.59. The minimum absolute atomic E-state index is 0.0148. The molecule has 0 radical (unpaired) electrons. The summed E-state index contributed by atoms with van der Waals surface area (Å²) in [7, 11) is 0. The second-order valence-corrected chi connectivity index (χ2v) is 5.86. The molecule has 1 aliphatic heterocycles. The predicted molar refractivity (Wildman–Crippen MR) is 90.0 cm³/mol. The highest BCUT2D eigenvalue weighted by Crippen LogP contribution is 2.33. The van der Waals surface area contributed by atoms with Gasteiger partial charge in [-0.1, -0.05) is 29.8 Å². The molecule has 8 heteroatoms. The van der Waals surface area contributed by atoms with Crippen molar-refractivity contribution < 1.29 is 14.7 Å². The van der Waals surface area contributed by atoms with Crippen LogP contribution in [0.3, 0.4) is 0 Å². The van der Waals surface area contributed by atoms with E-state index < -0.39 is 0 Å². The molecule has 0 saturated carbocycles. The van der Waals surface area contributed by atoms with Gasteiger partial charge in [0.2, 0.25) is 11.8 Å². The first-order valence-corrected chi connectivity index (χ1v) is 7.79. The Labute approximate surface area is 144 Å². The summed E-state index contributed by atoms with van der Waals surface area (Å²) in [4.78, 5) is 27.0. The van der Waals surface area contributed by atoms with Gasteiger partial charge in [-0.15, -0.1) is 0 Å². The van der Waals surface area contributed by atoms with Gasteiger partial charge in [0.15, 0.2) is 0 Å². The van der Waals surface area contributed by atoms with E-state index in [0.717, 1.165) is 0 Å². The van der Waals surface area contributed by atoms with Crippen LogP contribution >= 0.6 is 23.2 Å². The zero-order valence-electron chi connectivity index (χ0n) is 12.4. The van der Waals surface area contributed by atoms with Gasteiger partial charge in [-0.2, -0.15) is 0 Å². The molecule has 0 bridgehead atoms. The maximum Gasteiger partial charge on any atom is 0.246 e. The molecule has 1 heterocycles. The molecule has 1 saturated heterocycles. The summed E-state index contributed by atoms with van der Waals surface area (Å²) >= 11 is 11.7. The van der Waals surface area contributed by atoms with E-state index in [1.54, 1.807) is 9.80 Å². The van der Waals surface area contributed by atoms with Crippen molar-refractivity contribution in [1.29, 1.82) is 0 Å². The van der Waals surface area contributed by atoms with Gasteiger partial charge in [0.05, 0.1) is 22.3 Å². The summed E-state index contributed by atoms with van der Waals surface area (Å²) in [5, 5.41) is 13.1. The number of hydrogen-bond acceptors (Lipinski definition) is 4. The summed E-state index contributed by atoms with van der Waals surface area (Å²) in [6.07, 6.45) is 1.27. The number of benzene rings is 1. The second kappa shape index (κ2) is 7.57. The predicted octanol–water partition coefficient (Wildman–Crippen LogP) is 1.97. The van der Waals surface area contributed by atoms with E-state index >= 15 is 0 Å².